The van der Waals surface area contributed by atoms with Gasteiger partial charge in [-0.15, -0.1) is 0 Å². The molecular weight excluding hydrogens is 328 g/mol. The minimum atomic E-state index is -0.203. The molecule has 1 fully saturated rings. The molecule has 0 atom stereocenters. The highest BCUT2D eigenvalue weighted by atomic mass is 16.2. The van der Waals surface area contributed by atoms with E-state index in [1.807, 2.05) is 61.3 Å². The molecule has 132 valence electrons. The Morgan fingerprint density at radius 2 is 2.04 bits per heavy atom. The van der Waals surface area contributed by atoms with Gasteiger partial charge < -0.3 is 10.2 Å². The second-order valence-electron chi connectivity index (χ2n) is 6.58. The summed E-state index contributed by atoms with van der Waals surface area (Å²) in [5, 5.41) is 2.94. The number of carbonyl (C=O) groups is 2. The quantitative estimate of drug-likeness (QED) is 0.789. The predicted molar refractivity (Wildman–Crippen MR) is 101 cm³/mol. The molecule has 0 bridgehead atoms. The van der Waals surface area contributed by atoms with Gasteiger partial charge in [-0.1, -0.05) is 6.07 Å². The highest BCUT2D eigenvalue weighted by Crippen LogP contribution is 2.27. The van der Waals surface area contributed by atoms with Crippen LogP contribution in [0.3, 0.4) is 0 Å². The normalized spacial score (nSPS) is 14.2. The molecule has 3 heterocycles. The number of aromatic nitrogens is 2. The minimum Gasteiger partial charge on any atom is -0.321 e. The van der Waals surface area contributed by atoms with Crippen molar-refractivity contribution in [3.8, 4) is 0 Å². The Kier molecular flexibility index (Phi) is 3.95. The Balaban J connectivity index is 1.61. The maximum absolute atomic E-state index is 12.8. The van der Waals surface area contributed by atoms with Crippen molar-refractivity contribution in [3.05, 3.63) is 59.5 Å². The first kappa shape index (κ1) is 16.3. The van der Waals surface area contributed by atoms with E-state index in [4.69, 9.17) is 0 Å². The molecule has 0 radical (unpaired) electrons. The number of rotatable bonds is 3. The van der Waals surface area contributed by atoms with Gasteiger partial charge in [0.25, 0.3) is 5.91 Å². The third-order valence-electron chi connectivity index (χ3n) is 4.74. The van der Waals surface area contributed by atoms with E-state index in [0.29, 0.717) is 23.5 Å². The molecule has 1 aliphatic rings. The SMILES string of the molecule is Cc1cc(NC(=O)c2c(C)nc3ccccn23)ccc1N1CCCC1=O. The van der Waals surface area contributed by atoms with Crippen molar-refractivity contribution in [2.24, 2.45) is 0 Å². The number of hydrogen-bond donors (Lipinski definition) is 1. The Morgan fingerprint density at radius 3 is 2.77 bits per heavy atom. The van der Waals surface area contributed by atoms with Gasteiger partial charge in [0.1, 0.15) is 11.3 Å². The van der Waals surface area contributed by atoms with Crippen LogP contribution in [0, 0.1) is 13.8 Å². The molecule has 2 amide bonds. The van der Waals surface area contributed by atoms with Crippen LogP contribution in [0.25, 0.3) is 5.65 Å². The average Bonchev–Trinajstić information content (AvgIpc) is 3.17. The first-order chi connectivity index (χ1) is 12.5. The molecule has 1 saturated heterocycles. The standard InChI is InChI=1S/C20H20N4O2/c1-13-12-15(8-9-16(13)23-11-5-7-18(23)25)22-20(26)19-14(2)21-17-6-3-4-10-24(17)19/h3-4,6,8-10,12H,5,7,11H2,1-2H3,(H,22,26). The zero-order valence-corrected chi connectivity index (χ0v) is 14.8. The van der Waals surface area contributed by atoms with Gasteiger partial charge in [0.15, 0.2) is 0 Å². The van der Waals surface area contributed by atoms with Gasteiger partial charge in [0, 0.05) is 30.5 Å². The lowest BCUT2D eigenvalue weighted by molar-refractivity contribution is -0.117. The number of imidazole rings is 1. The van der Waals surface area contributed by atoms with Crippen molar-refractivity contribution in [3.63, 3.8) is 0 Å². The topological polar surface area (TPSA) is 66.7 Å². The number of amides is 2. The number of carbonyl (C=O) groups excluding carboxylic acids is 2. The fraction of sp³-hybridized carbons (Fsp3) is 0.250. The van der Waals surface area contributed by atoms with Crippen LogP contribution < -0.4 is 10.2 Å². The molecule has 1 aliphatic heterocycles. The summed E-state index contributed by atoms with van der Waals surface area (Å²) < 4.78 is 1.79. The fourth-order valence-electron chi connectivity index (χ4n) is 3.52. The van der Waals surface area contributed by atoms with Crippen LogP contribution in [0.5, 0.6) is 0 Å². The van der Waals surface area contributed by atoms with Gasteiger partial charge in [-0.05, 0) is 56.2 Å². The zero-order valence-electron chi connectivity index (χ0n) is 14.8. The fourth-order valence-corrected chi connectivity index (χ4v) is 3.52. The zero-order chi connectivity index (χ0) is 18.3. The first-order valence-electron chi connectivity index (χ1n) is 8.70. The molecule has 0 unspecified atom stereocenters. The van der Waals surface area contributed by atoms with Crippen LogP contribution in [0.1, 0.15) is 34.6 Å². The summed E-state index contributed by atoms with van der Waals surface area (Å²) in [6, 6.07) is 11.3. The highest BCUT2D eigenvalue weighted by molar-refractivity contribution is 6.05. The van der Waals surface area contributed by atoms with Crippen molar-refractivity contribution in [1.29, 1.82) is 0 Å². The monoisotopic (exact) mass is 348 g/mol. The maximum atomic E-state index is 12.8. The number of hydrogen-bond acceptors (Lipinski definition) is 3. The van der Waals surface area contributed by atoms with Gasteiger partial charge in [0.05, 0.1) is 5.69 Å². The van der Waals surface area contributed by atoms with Gasteiger partial charge in [-0.3, -0.25) is 14.0 Å². The Bertz CT molecular complexity index is 1020. The molecule has 1 N–H and O–H groups in total. The van der Waals surface area contributed by atoms with Gasteiger partial charge in [-0.25, -0.2) is 4.98 Å². The van der Waals surface area contributed by atoms with Crippen LogP contribution >= 0.6 is 0 Å². The number of aryl methyl sites for hydroxylation is 2. The third-order valence-corrected chi connectivity index (χ3v) is 4.74. The van der Waals surface area contributed by atoms with Crippen molar-refractivity contribution in [1.82, 2.24) is 9.38 Å². The summed E-state index contributed by atoms with van der Waals surface area (Å²) in [6.45, 7) is 4.54. The summed E-state index contributed by atoms with van der Waals surface area (Å²) in [5.74, 6) is -0.0446. The number of nitrogens with zero attached hydrogens (tertiary/aromatic N) is 3. The molecule has 26 heavy (non-hydrogen) atoms. The maximum Gasteiger partial charge on any atom is 0.274 e. The molecule has 6 heteroatoms. The molecule has 1 aromatic carbocycles. The smallest absolute Gasteiger partial charge is 0.274 e. The van der Waals surface area contributed by atoms with Crippen molar-refractivity contribution in [2.75, 3.05) is 16.8 Å². The third kappa shape index (κ3) is 2.73. The summed E-state index contributed by atoms with van der Waals surface area (Å²) in [6.07, 6.45) is 3.33. The molecule has 2 aromatic heterocycles. The lowest BCUT2D eigenvalue weighted by Crippen LogP contribution is -2.24. The lowest BCUT2D eigenvalue weighted by atomic mass is 10.1. The molecule has 3 aromatic rings. The minimum absolute atomic E-state index is 0.159. The second-order valence-corrected chi connectivity index (χ2v) is 6.58. The Morgan fingerprint density at radius 1 is 1.19 bits per heavy atom. The Hall–Kier alpha value is -3.15. The van der Waals surface area contributed by atoms with E-state index in [0.717, 1.165) is 29.9 Å². The van der Waals surface area contributed by atoms with Gasteiger partial charge in [0.2, 0.25) is 5.91 Å². The van der Waals surface area contributed by atoms with E-state index in [2.05, 4.69) is 10.3 Å². The average molecular weight is 348 g/mol. The van der Waals surface area contributed by atoms with Crippen LogP contribution in [0.4, 0.5) is 11.4 Å². The van der Waals surface area contributed by atoms with E-state index in [9.17, 15) is 9.59 Å². The van der Waals surface area contributed by atoms with Crippen LogP contribution in [0.2, 0.25) is 0 Å². The summed E-state index contributed by atoms with van der Waals surface area (Å²) in [4.78, 5) is 31.0. The van der Waals surface area contributed by atoms with E-state index >= 15 is 0 Å². The van der Waals surface area contributed by atoms with Crippen molar-refractivity contribution < 1.29 is 9.59 Å². The number of benzene rings is 1. The molecule has 0 aliphatic carbocycles. The lowest BCUT2D eigenvalue weighted by Gasteiger charge is -2.19. The van der Waals surface area contributed by atoms with Crippen molar-refractivity contribution >= 4 is 28.8 Å². The number of anilines is 2. The van der Waals surface area contributed by atoms with E-state index in [-0.39, 0.29) is 11.8 Å². The molecule has 0 spiro atoms. The van der Waals surface area contributed by atoms with E-state index in [1.165, 1.54) is 0 Å². The highest BCUT2D eigenvalue weighted by Gasteiger charge is 2.23. The number of fused-ring (bicyclic) bond motifs is 1. The summed E-state index contributed by atoms with van der Waals surface area (Å²) >= 11 is 0. The summed E-state index contributed by atoms with van der Waals surface area (Å²) in [5.41, 5.74) is 4.54. The van der Waals surface area contributed by atoms with E-state index < -0.39 is 0 Å². The molecule has 4 rings (SSSR count). The van der Waals surface area contributed by atoms with Crippen LogP contribution in [-0.4, -0.2) is 27.7 Å². The molecule has 0 saturated carbocycles. The molecular formula is C20H20N4O2. The van der Waals surface area contributed by atoms with Crippen LogP contribution in [-0.2, 0) is 4.79 Å². The van der Waals surface area contributed by atoms with Crippen LogP contribution in [0.15, 0.2) is 42.6 Å². The summed E-state index contributed by atoms with van der Waals surface area (Å²) in [7, 11) is 0. The predicted octanol–water partition coefficient (Wildman–Crippen LogP) is 3.33. The number of pyridine rings is 1. The van der Waals surface area contributed by atoms with Gasteiger partial charge in [-0.2, -0.15) is 0 Å². The van der Waals surface area contributed by atoms with Crippen molar-refractivity contribution in [2.45, 2.75) is 26.7 Å². The Labute approximate surface area is 151 Å². The molecule has 6 nitrogen and oxygen atoms in total. The number of nitrogens with one attached hydrogen (secondary N) is 1. The van der Waals surface area contributed by atoms with E-state index in [1.54, 1.807) is 4.40 Å². The largest absolute Gasteiger partial charge is 0.321 e. The first-order valence-corrected chi connectivity index (χ1v) is 8.70. The second kappa shape index (κ2) is 6.29. The van der Waals surface area contributed by atoms with Gasteiger partial charge >= 0.3 is 0 Å².